The molecule has 0 bridgehead atoms. The maximum atomic E-state index is 10.6. The molecule has 0 aliphatic heterocycles. The molecule has 0 aromatic carbocycles. The van der Waals surface area contributed by atoms with Gasteiger partial charge in [-0.1, -0.05) is 0 Å². The Morgan fingerprint density at radius 1 is 1.67 bits per heavy atom. The minimum absolute atomic E-state index is 0.115. The van der Waals surface area contributed by atoms with E-state index in [0.717, 1.165) is 12.5 Å². The zero-order chi connectivity index (χ0) is 10.8. The van der Waals surface area contributed by atoms with Gasteiger partial charge in [0.2, 0.25) is 0 Å². The number of carboxylic acids is 1. The fraction of sp³-hybridized carbons (Fsp3) is 0.400. The molecule has 0 amide bonds. The van der Waals surface area contributed by atoms with Gasteiger partial charge in [-0.15, -0.1) is 0 Å². The summed E-state index contributed by atoms with van der Waals surface area (Å²) in [6.07, 6.45) is 3.81. The fourth-order valence-corrected chi connectivity index (χ4v) is 1.31. The van der Waals surface area contributed by atoms with Crippen molar-refractivity contribution in [1.29, 1.82) is 0 Å². The monoisotopic (exact) mass is 207 g/mol. The van der Waals surface area contributed by atoms with Gasteiger partial charge in [-0.25, -0.2) is 9.78 Å². The van der Waals surface area contributed by atoms with Crippen LogP contribution in [0.3, 0.4) is 0 Å². The first kappa shape index (κ1) is 9.76. The Bertz CT molecular complexity index is 388. The van der Waals surface area contributed by atoms with Crippen molar-refractivity contribution in [2.75, 3.05) is 17.6 Å². The van der Waals surface area contributed by atoms with E-state index in [-0.39, 0.29) is 5.56 Å². The lowest BCUT2D eigenvalue weighted by molar-refractivity contribution is 0.0696. The van der Waals surface area contributed by atoms with E-state index in [2.05, 4.69) is 10.3 Å². The zero-order valence-electron chi connectivity index (χ0n) is 8.23. The SMILES string of the molecule is Nc1cc(C(=O)O)cnc1NCC1CC1. The molecule has 2 rings (SSSR count). The Balaban J connectivity index is 2.07. The van der Waals surface area contributed by atoms with Crippen molar-refractivity contribution in [3.05, 3.63) is 17.8 Å². The normalized spacial score (nSPS) is 14.9. The van der Waals surface area contributed by atoms with Crippen LogP contribution in [0.15, 0.2) is 12.3 Å². The van der Waals surface area contributed by atoms with Crippen LogP contribution < -0.4 is 11.1 Å². The molecule has 1 aliphatic carbocycles. The third-order valence-corrected chi connectivity index (χ3v) is 2.42. The first-order valence-corrected chi connectivity index (χ1v) is 4.89. The number of nitrogens with one attached hydrogen (secondary N) is 1. The lowest BCUT2D eigenvalue weighted by atomic mass is 10.2. The lowest BCUT2D eigenvalue weighted by Crippen LogP contribution is -2.09. The summed E-state index contributed by atoms with van der Waals surface area (Å²) in [5.41, 5.74) is 6.18. The highest BCUT2D eigenvalue weighted by molar-refractivity contribution is 5.89. The minimum Gasteiger partial charge on any atom is -0.478 e. The molecule has 0 spiro atoms. The molecular weight excluding hydrogens is 194 g/mol. The second-order valence-electron chi connectivity index (χ2n) is 3.79. The molecule has 1 aromatic heterocycles. The maximum absolute atomic E-state index is 10.6. The van der Waals surface area contributed by atoms with Crippen molar-refractivity contribution in [2.45, 2.75) is 12.8 Å². The number of carboxylic acid groups (broad SMARTS) is 1. The van der Waals surface area contributed by atoms with Crippen LogP contribution >= 0.6 is 0 Å². The molecule has 5 heteroatoms. The Hall–Kier alpha value is -1.78. The van der Waals surface area contributed by atoms with Crippen LogP contribution in [0, 0.1) is 5.92 Å². The Kier molecular flexibility index (Phi) is 2.45. The van der Waals surface area contributed by atoms with E-state index < -0.39 is 5.97 Å². The lowest BCUT2D eigenvalue weighted by Gasteiger charge is -2.07. The van der Waals surface area contributed by atoms with Gasteiger partial charge in [-0.3, -0.25) is 0 Å². The van der Waals surface area contributed by atoms with Gasteiger partial charge in [-0.2, -0.15) is 0 Å². The summed E-state index contributed by atoms with van der Waals surface area (Å²) in [4.78, 5) is 14.6. The van der Waals surface area contributed by atoms with Crippen molar-refractivity contribution in [3.8, 4) is 0 Å². The van der Waals surface area contributed by atoms with E-state index in [1.165, 1.54) is 25.1 Å². The second kappa shape index (κ2) is 3.76. The number of hydrogen-bond acceptors (Lipinski definition) is 4. The summed E-state index contributed by atoms with van der Waals surface area (Å²) in [5, 5.41) is 11.8. The van der Waals surface area contributed by atoms with Crippen LogP contribution in [0.25, 0.3) is 0 Å². The Morgan fingerprint density at radius 2 is 2.40 bits per heavy atom. The highest BCUT2D eigenvalue weighted by Gasteiger charge is 2.21. The fourth-order valence-electron chi connectivity index (χ4n) is 1.31. The van der Waals surface area contributed by atoms with E-state index in [9.17, 15) is 4.79 Å². The molecule has 1 heterocycles. The standard InChI is InChI=1S/C10H13N3O2/c11-8-3-7(10(14)15)5-13-9(8)12-4-6-1-2-6/h3,5-6H,1-2,4,11H2,(H,12,13)(H,14,15). The quantitative estimate of drug-likeness (QED) is 0.690. The number of nitrogens with zero attached hydrogens (tertiary/aromatic N) is 1. The summed E-state index contributed by atoms with van der Waals surface area (Å²) < 4.78 is 0. The van der Waals surface area contributed by atoms with Gasteiger partial charge < -0.3 is 16.2 Å². The largest absolute Gasteiger partial charge is 0.478 e. The van der Waals surface area contributed by atoms with E-state index in [1.807, 2.05) is 0 Å². The highest BCUT2D eigenvalue weighted by atomic mass is 16.4. The molecule has 1 saturated carbocycles. The summed E-state index contributed by atoms with van der Waals surface area (Å²) in [6, 6.07) is 1.42. The molecule has 0 unspecified atom stereocenters. The number of pyridine rings is 1. The third kappa shape index (κ3) is 2.37. The second-order valence-corrected chi connectivity index (χ2v) is 3.79. The van der Waals surface area contributed by atoms with Gasteiger partial charge in [0, 0.05) is 12.7 Å². The number of nitrogens with two attached hydrogens (primary N) is 1. The van der Waals surface area contributed by atoms with Gasteiger partial charge in [0.1, 0.15) is 5.82 Å². The molecule has 80 valence electrons. The average Bonchev–Trinajstić information content (AvgIpc) is 2.99. The molecule has 0 radical (unpaired) electrons. The summed E-state index contributed by atoms with van der Waals surface area (Å²) in [6.45, 7) is 0.865. The minimum atomic E-state index is -1.01. The Labute approximate surface area is 87.3 Å². The van der Waals surface area contributed by atoms with Crippen LogP contribution in [0.1, 0.15) is 23.2 Å². The van der Waals surface area contributed by atoms with Crippen LogP contribution in [0.4, 0.5) is 11.5 Å². The molecule has 4 N–H and O–H groups in total. The smallest absolute Gasteiger partial charge is 0.337 e. The van der Waals surface area contributed by atoms with Crippen LogP contribution in [0.5, 0.6) is 0 Å². The van der Waals surface area contributed by atoms with Crippen LogP contribution in [0.2, 0.25) is 0 Å². The molecule has 1 fully saturated rings. The number of anilines is 2. The first-order valence-electron chi connectivity index (χ1n) is 4.89. The van der Waals surface area contributed by atoms with Crippen molar-refractivity contribution in [3.63, 3.8) is 0 Å². The van der Waals surface area contributed by atoms with Crippen molar-refractivity contribution in [2.24, 2.45) is 5.92 Å². The van der Waals surface area contributed by atoms with Crippen LogP contribution in [-0.2, 0) is 0 Å². The van der Waals surface area contributed by atoms with Gasteiger partial charge in [0.05, 0.1) is 11.3 Å². The zero-order valence-corrected chi connectivity index (χ0v) is 8.23. The van der Waals surface area contributed by atoms with Gasteiger partial charge in [-0.05, 0) is 24.8 Å². The number of aromatic carboxylic acids is 1. The molecular formula is C10H13N3O2. The van der Waals surface area contributed by atoms with Gasteiger partial charge in [0.15, 0.2) is 0 Å². The predicted octanol–water partition coefficient (Wildman–Crippen LogP) is 1.18. The maximum Gasteiger partial charge on any atom is 0.337 e. The van der Waals surface area contributed by atoms with Crippen LogP contribution in [-0.4, -0.2) is 22.6 Å². The number of aromatic nitrogens is 1. The first-order chi connectivity index (χ1) is 7.16. The topological polar surface area (TPSA) is 88.2 Å². The molecule has 15 heavy (non-hydrogen) atoms. The highest BCUT2D eigenvalue weighted by Crippen LogP contribution is 2.29. The molecule has 1 aliphatic rings. The van der Waals surface area contributed by atoms with Crippen molar-refractivity contribution in [1.82, 2.24) is 4.98 Å². The van der Waals surface area contributed by atoms with E-state index in [1.54, 1.807) is 0 Å². The van der Waals surface area contributed by atoms with Crippen molar-refractivity contribution < 1.29 is 9.90 Å². The summed E-state index contributed by atoms with van der Waals surface area (Å²) in [7, 11) is 0. The molecule has 0 saturated heterocycles. The average molecular weight is 207 g/mol. The molecule has 0 atom stereocenters. The number of hydrogen-bond donors (Lipinski definition) is 3. The van der Waals surface area contributed by atoms with Crippen molar-refractivity contribution >= 4 is 17.5 Å². The van der Waals surface area contributed by atoms with E-state index >= 15 is 0 Å². The Morgan fingerprint density at radius 3 is 2.93 bits per heavy atom. The third-order valence-electron chi connectivity index (χ3n) is 2.42. The van der Waals surface area contributed by atoms with Gasteiger partial charge >= 0.3 is 5.97 Å². The number of carbonyl (C=O) groups is 1. The van der Waals surface area contributed by atoms with Gasteiger partial charge in [0.25, 0.3) is 0 Å². The van der Waals surface area contributed by atoms with E-state index in [0.29, 0.717) is 11.5 Å². The number of rotatable bonds is 4. The summed E-state index contributed by atoms with van der Waals surface area (Å²) >= 11 is 0. The number of nitrogen functional groups attached to an aromatic ring is 1. The molecule has 5 nitrogen and oxygen atoms in total. The molecule has 1 aromatic rings. The van der Waals surface area contributed by atoms with E-state index in [4.69, 9.17) is 10.8 Å². The predicted molar refractivity (Wildman–Crippen MR) is 56.8 cm³/mol. The summed E-state index contributed by atoms with van der Waals surface area (Å²) in [5.74, 6) is 0.292.